The maximum Gasteiger partial charge on any atom is 0.243 e. The fourth-order valence-corrected chi connectivity index (χ4v) is 1.87. The van der Waals surface area contributed by atoms with Crippen LogP contribution in [0.1, 0.15) is 12.5 Å². The molecule has 0 saturated heterocycles. The molecule has 0 aromatic heterocycles. The fourth-order valence-electron chi connectivity index (χ4n) is 1.87. The lowest BCUT2D eigenvalue weighted by molar-refractivity contribution is -0.119. The van der Waals surface area contributed by atoms with Crippen molar-refractivity contribution in [3.8, 4) is 0 Å². The summed E-state index contributed by atoms with van der Waals surface area (Å²) >= 11 is 0. The molecule has 80 valence electrons. The highest BCUT2D eigenvalue weighted by Gasteiger charge is 2.28. The lowest BCUT2D eigenvalue weighted by atomic mass is 10.1. The summed E-state index contributed by atoms with van der Waals surface area (Å²) < 4.78 is 13.5. The van der Waals surface area contributed by atoms with Crippen molar-refractivity contribution in [3.63, 3.8) is 0 Å². The first-order valence-corrected chi connectivity index (χ1v) is 4.95. The minimum absolute atomic E-state index is 0.223. The number of amides is 1. The molecule has 2 N–H and O–H groups in total. The number of rotatable bonds is 1. The molecule has 1 amide bonds. The molecule has 1 heterocycles. The monoisotopic (exact) mass is 208 g/mol. The topological polar surface area (TPSA) is 46.3 Å². The van der Waals surface area contributed by atoms with E-state index in [-0.39, 0.29) is 11.7 Å². The van der Waals surface area contributed by atoms with Crippen LogP contribution in [0.4, 0.5) is 10.1 Å². The Labute approximate surface area is 87.7 Å². The molecule has 1 aliphatic rings. The lowest BCUT2D eigenvalue weighted by Gasteiger charge is -2.19. The predicted molar refractivity (Wildman–Crippen MR) is 56.1 cm³/mol. The van der Waals surface area contributed by atoms with Gasteiger partial charge in [-0.2, -0.15) is 0 Å². The van der Waals surface area contributed by atoms with Gasteiger partial charge in [-0.15, -0.1) is 0 Å². The molecule has 0 bridgehead atoms. The second kappa shape index (κ2) is 3.62. The Morgan fingerprint density at radius 1 is 1.60 bits per heavy atom. The predicted octanol–water partition coefficient (Wildman–Crippen LogP) is 1.06. The molecule has 1 aliphatic heterocycles. The number of fused-ring (bicyclic) bond motifs is 1. The molecule has 1 aromatic carbocycles. The quantitative estimate of drug-likeness (QED) is 0.750. The third-order valence-corrected chi connectivity index (χ3v) is 2.60. The van der Waals surface area contributed by atoms with Crippen LogP contribution < -0.4 is 10.6 Å². The van der Waals surface area contributed by atoms with Crippen LogP contribution in [0.25, 0.3) is 0 Å². The summed E-state index contributed by atoms with van der Waals surface area (Å²) in [5, 5.41) is 0. The van der Waals surface area contributed by atoms with Crippen LogP contribution in [-0.2, 0) is 11.2 Å². The van der Waals surface area contributed by atoms with Gasteiger partial charge in [0.2, 0.25) is 5.91 Å². The van der Waals surface area contributed by atoms with Crippen molar-refractivity contribution in [1.82, 2.24) is 0 Å². The van der Waals surface area contributed by atoms with Crippen molar-refractivity contribution in [2.24, 2.45) is 5.73 Å². The van der Waals surface area contributed by atoms with E-state index in [1.165, 1.54) is 11.0 Å². The van der Waals surface area contributed by atoms with E-state index in [1.54, 1.807) is 13.0 Å². The van der Waals surface area contributed by atoms with Gasteiger partial charge in [0.1, 0.15) is 5.82 Å². The highest BCUT2D eigenvalue weighted by molar-refractivity contribution is 5.98. The molecule has 0 fully saturated rings. The van der Waals surface area contributed by atoms with Gasteiger partial charge < -0.3 is 10.6 Å². The zero-order valence-corrected chi connectivity index (χ0v) is 8.53. The van der Waals surface area contributed by atoms with Crippen LogP contribution in [0.3, 0.4) is 0 Å². The van der Waals surface area contributed by atoms with Gasteiger partial charge in [-0.05, 0) is 25.0 Å². The first kappa shape index (κ1) is 10.1. The molecule has 4 heteroatoms. The van der Waals surface area contributed by atoms with Crippen molar-refractivity contribution in [1.29, 1.82) is 0 Å². The Balaban J connectivity index is 2.40. The fraction of sp³-hybridized carbons (Fsp3) is 0.364. The molecule has 0 spiro atoms. The summed E-state index contributed by atoms with van der Waals surface area (Å²) in [5.74, 6) is -0.571. The van der Waals surface area contributed by atoms with E-state index in [1.807, 2.05) is 6.07 Å². The van der Waals surface area contributed by atoms with Gasteiger partial charge in [0.15, 0.2) is 0 Å². The Bertz CT molecular complexity index is 404. The number of hydrogen-bond acceptors (Lipinski definition) is 2. The van der Waals surface area contributed by atoms with E-state index < -0.39 is 6.04 Å². The second-order valence-electron chi connectivity index (χ2n) is 3.78. The van der Waals surface area contributed by atoms with Gasteiger partial charge in [0, 0.05) is 6.54 Å². The molecule has 15 heavy (non-hydrogen) atoms. The van der Waals surface area contributed by atoms with Crippen LogP contribution in [0.2, 0.25) is 0 Å². The van der Waals surface area contributed by atoms with E-state index in [0.29, 0.717) is 18.7 Å². The van der Waals surface area contributed by atoms with Crippen LogP contribution in [0.5, 0.6) is 0 Å². The molecular formula is C11H13FN2O. The van der Waals surface area contributed by atoms with E-state index in [4.69, 9.17) is 5.73 Å². The van der Waals surface area contributed by atoms with Crippen LogP contribution in [0.15, 0.2) is 18.2 Å². The number of carbonyl (C=O) groups excluding carboxylic acids is 1. The summed E-state index contributed by atoms with van der Waals surface area (Å²) in [6.45, 7) is 2.14. The smallest absolute Gasteiger partial charge is 0.243 e. The first-order chi connectivity index (χ1) is 7.11. The number of nitrogens with zero attached hydrogens (tertiary/aromatic N) is 1. The molecule has 0 saturated carbocycles. The van der Waals surface area contributed by atoms with Gasteiger partial charge in [-0.1, -0.05) is 12.1 Å². The Kier molecular flexibility index (Phi) is 2.44. The van der Waals surface area contributed by atoms with Crippen LogP contribution >= 0.6 is 0 Å². The zero-order chi connectivity index (χ0) is 11.0. The van der Waals surface area contributed by atoms with Crippen LogP contribution in [0, 0.1) is 5.82 Å². The summed E-state index contributed by atoms with van der Waals surface area (Å²) in [4.78, 5) is 13.1. The highest BCUT2D eigenvalue weighted by Crippen LogP contribution is 2.30. The average Bonchev–Trinajstić information content (AvgIpc) is 2.61. The molecule has 1 aromatic rings. The standard InChI is InChI=1S/C11H13FN2O/c1-7(13)11(15)14-6-5-8-3-2-4-9(12)10(8)14/h2-4,7H,5-6,13H2,1H3/t7-/m0/s1. The Morgan fingerprint density at radius 3 is 3.00 bits per heavy atom. The molecule has 1 atom stereocenters. The number of anilines is 1. The average molecular weight is 208 g/mol. The number of hydrogen-bond donors (Lipinski definition) is 1. The minimum atomic E-state index is -0.587. The number of para-hydroxylation sites is 1. The van der Waals surface area contributed by atoms with Crippen molar-refractivity contribution in [3.05, 3.63) is 29.6 Å². The van der Waals surface area contributed by atoms with Gasteiger partial charge in [0.25, 0.3) is 0 Å². The van der Waals surface area contributed by atoms with Crippen molar-refractivity contribution < 1.29 is 9.18 Å². The van der Waals surface area contributed by atoms with Gasteiger partial charge in [-0.25, -0.2) is 4.39 Å². The molecule has 0 unspecified atom stereocenters. The second-order valence-corrected chi connectivity index (χ2v) is 3.78. The number of carbonyl (C=O) groups is 1. The van der Waals surface area contributed by atoms with Crippen molar-refractivity contribution >= 4 is 11.6 Å². The lowest BCUT2D eigenvalue weighted by Crippen LogP contribution is -2.41. The zero-order valence-electron chi connectivity index (χ0n) is 8.53. The van der Waals surface area contributed by atoms with Gasteiger partial charge >= 0.3 is 0 Å². The molecule has 0 radical (unpaired) electrons. The summed E-state index contributed by atoms with van der Waals surface area (Å²) in [5.41, 5.74) is 6.79. The largest absolute Gasteiger partial charge is 0.320 e. The first-order valence-electron chi connectivity index (χ1n) is 4.95. The van der Waals surface area contributed by atoms with E-state index in [2.05, 4.69) is 0 Å². The van der Waals surface area contributed by atoms with E-state index >= 15 is 0 Å². The normalized spacial score (nSPS) is 16.3. The Morgan fingerprint density at radius 2 is 2.33 bits per heavy atom. The summed E-state index contributed by atoms with van der Waals surface area (Å²) in [6.07, 6.45) is 0.700. The number of benzene rings is 1. The third-order valence-electron chi connectivity index (χ3n) is 2.60. The Hall–Kier alpha value is -1.42. The van der Waals surface area contributed by atoms with Crippen molar-refractivity contribution in [2.45, 2.75) is 19.4 Å². The summed E-state index contributed by atoms with van der Waals surface area (Å²) in [6, 6.07) is 4.28. The molecule has 2 rings (SSSR count). The summed E-state index contributed by atoms with van der Waals surface area (Å²) in [7, 11) is 0. The minimum Gasteiger partial charge on any atom is -0.320 e. The van der Waals surface area contributed by atoms with Gasteiger partial charge in [0.05, 0.1) is 11.7 Å². The van der Waals surface area contributed by atoms with E-state index in [9.17, 15) is 9.18 Å². The highest BCUT2D eigenvalue weighted by atomic mass is 19.1. The van der Waals surface area contributed by atoms with Crippen molar-refractivity contribution in [2.75, 3.05) is 11.4 Å². The molecular weight excluding hydrogens is 195 g/mol. The number of halogens is 1. The molecule has 0 aliphatic carbocycles. The van der Waals surface area contributed by atoms with E-state index in [0.717, 1.165) is 5.56 Å². The maximum absolute atomic E-state index is 13.5. The maximum atomic E-state index is 13.5. The SMILES string of the molecule is C[C@H](N)C(=O)N1CCc2cccc(F)c21. The van der Waals surface area contributed by atoms with Gasteiger partial charge in [-0.3, -0.25) is 4.79 Å². The number of nitrogens with two attached hydrogens (primary N) is 1. The molecule has 3 nitrogen and oxygen atoms in total. The van der Waals surface area contributed by atoms with Crippen LogP contribution in [-0.4, -0.2) is 18.5 Å². The third kappa shape index (κ3) is 1.61.